The molecule has 0 saturated heterocycles. The van der Waals surface area contributed by atoms with Gasteiger partial charge in [-0.3, -0.25) is 0 Å². The standard InChI is InChI=1S/C9H9BrO3/c1-6(9(11)12)13-8-5-3-2-4-7(8)10/h2-6H,1H3,(H,11,12)/t6-/m1/s1. The summed E-state index contributed by atoms with van der Waals surface area (Å²) in [5, 5.41) is 8.59. The molecule has 0 aromatic heterocycles. The minimum absolute atomic E-state index is 0.539. The van der Waals surface area contributed by atoms with Gasteiger partial charge in [-0.25, -0.2) is 4.79 Å². The van der Waals surface area contributed by atoms with E-state index < -0.39 is 12.1 Å². The van der Waals surface area contributed by atoms with Gasteiger partial charge in [-0.1, -0.05) is 12.1 Å². The van der Waals surface area contributed by atoms with E-state index in [-0.39, 0.29) is 0 Å². The summed E-state index contributed by atoms with van der Waals surface area (Å²) in [5.74, 6) is -0.437. The molecule has 70 valence electrons. The Kier molecular flexibility index (Phi) is 3.31. The van der Waals surface area contributed by atoms with E-state index in [4.69, 9.17) is 9.84 Å². The maximum atomic E-state index is 10.5. The summed E-state index contributed by atoms with van der Waals surface area (Å²) in [4.78, 5) is 10.5. The molecule has 0 saturated carbocycles. The first kappa shape index (κ1) is 10.1. The van der Waals surface area contributed by atoms with Crippen LogP contribution in [0.3, 0.4) is 0 Å². The summed E-state index contributed by atoms with van der Waals surface area (Å²) in [5.41, 5.74) is 0. The van der Waals surface area contributed by atoms with Crippen LogP contribution < -0.4 is 4.74 Å². The molecule has 1 rings (SSSR count). The second-order valence-electron chi connectivity index (χ2n) is 2.53. The number of halogens is 1. The summed E-state index contributed by atoms with van der Waals surface area (Å²) < 4.78 is 5.91. The summed E-state index contributed by atoms with van der Waals surface area (Å²) in [6.07, 6.45) is -0.835. The van der Waals surface area contributed by atoms with Crippen LogP contribution in [-0.2, 0) is 4.79 Å². The number of aliphatic carboxylic acids is 1. The lowest BCUT2D eigenvalue weighted by Gasteiger charge is -2.11. The first-order valence-corrected chi connectivity index (χ1v) is 4.54. The Morgan fingerprint density at radius 3 is 2.69 bits per heavy atom. The third-order valence-corrected chi connectivity index (χ3v) is 2.14. The van der Waals surface area contributed by atoms with Crippen LogP contribution in [0.15, 0.2) is 28.7 Å². The van der Waals surface area contributed by atoms with Gasteiger partial charge in [0.1, 0.15) is 5.75 Å². The Balaban J connectivity index is 2.74. The SMILES string of the molecule is C[C@@H](Oc1ccccc1Br)C(=O)O. The molecule has 0 heterocycles. The van der Waals surface area contributed by atoms with E-state index in [1.54, 1.807) is 18.2 Å². The monoisotopic (exact) mass is 244 g/mol. The van der Waals surface area contributed by atoms with Crippen molar-refractivity contribution in [3.05, 3.63) is 28.7 Å². The Bertz CT molecular complexity index is 311. The molecule has 0 unspecified atom stereocenters. The zero-order valence-electron chi connectivity index (χ0n) is 7.03. The van der Waals surface area contributed by atoms with E-state index in [1.807, 2.05) is 6.07 Å². The van der Waals surface area contributed by atoms with Crippen molar-refractivity contribution >= 4 is 21.9 Å². The average molecular weight is 245 g/mol. The molecule has 0 bridgehead atoms. The topological polar surface area (TPSA) is 46.5 Å². The second-order valence-corrected chi connectivity index (χ2v) is 3.38. The van der Waals surface area contributed by atoms with Crippen LogP contribution in [0.25, 0.3) is 0 Å². The predicted molar refractivity (Wildman–Crippen MR) is 51.9 cm³/mol. The molecule has 13 heavy (non-hydrogen) atoms. The van der Waals surface area contributed by atoms with Gasteiger partial charge in [0.25, 0.3) is 0 Å². The molecule has 0 aliphatic rings. The number of carbonyl (C=O) groups is 1. The number of ether oxygens (including phenoxy) is 1. The highest BCUT2D eigenvalue weighted by atomic mass is 79.9. The van der Waals surface area contributed by atoms with E-state index in [9.17, 15) is 4.79 Å². The molecule has 0 aliphatic heterocycles. The fraction of sp³-hybridized carbons (Fsp3) is 0.222. The number of hydrogen-bond donors (Lipinski definition) is 1. The van der Waals surface area contributed by atoms with Crippen LogP contribution in [0, 0.1) is 0 Å². The quantitative estimate of drug-likeness (QED) is 0.888. The third-order valence-electron chi connectivity index (χ3n) is 1.49. The van der Waals surface area contributed by atoms with Gasteiger partial charge in [-0.05, 0) is 35.0 Å². The molecule has 1 aromatic carbocycles. The van der Waals surface area contributed by atoms with Crippen LogP contribution in [0.4, 0.5) is 0 Å². The Hall–Kier alpha value is -1.03. The fourth-order valence-electron chi connectivity index (χ4n) is 0.781. The van der Waals surface area contributed by atoms with Gasteiger partial charge >= 0.3 is 5.97 Å². The summed E-state index contributed by atoms with van der Waals surface area (Å²) in [6.45, 7) is 1.49. The number of carboxylic acid groups (broad SMARTS) is 1. The van der Waals surface area contributed by atoms with Gasteiger partial charge in [-0.15, -0.1) is 0 Å². The van der Waals surface area contributed by atoms with Crippen molar-refractivity contribution in [2.45, 2.75) is 13.0 Å². The van der Waals surface area contributed by atoms with Crippen LogP contribution in [0.5, 0.6) is 5.75 Å². The first-order valence-electron chi connectivity index (χ1n) is 3.75. The average Bonchev–Trinajstić information content (AvgIpc) is 2.08. The molecule has 0 aliphatic carbocycles. The van der Waals surface area contributed by atoms with Crippen molar-refractivity contribution in [1.82, 2.24) is 0 Å². The zero-order valence-corrected chi connectivity index (χ0v) is 8.61. The van der Waals surface area contributed by atoms with E-state index in [0.29, 0.717) is 5.75 Å². The van der Waals surface area contributed by atoms with E-state index >= 15 is 0 Å². The van der Waals surface area contributed by atoms with Crippen molar-refractivity contribution in [2.24, 2.45) is 0 Å². The second kappa shape index (κ2) is 4.28. The van der Waals surface area contributed by atoms with Gasteiger partial charge in [0.15, 0.2) is 6.10 Å². The molecule has 1 N–H and O–H groups in total. The minimum atomic E-state index is -0.976. The van der Waals surface area contributed by atoms with Gasteiger partial charge in [0.05, 0.1) is 4.47 Å². The molecule has 1 aromatic rings. The maximum absolute atomic E-state index is 10.5. The maximum Gasteiger partial charge on any atom is 0.344 e. The van der Waals surface area contributed by atoms with Crippen LogP contribution >= 0.6 is 15.9 Å². The lowest BCUT2D eigenvalue weighted by atomic mass is 10.3. The highest BCUT2D eigenvalue weighted by Gasteiger charge is 2.13. The molecule has 0 spiro atoms. The summed E-state index contributed by atoms with van der Waals surface area (Å²) >= 11 is 3.26. The van der Waals surface area contributed by atoms with E-state index in [0.717, 1.165) is 4.47 Å². The van der Waals surface area contributed by atoms with Crippen molar-refractivity contribution in [3.63, 3.8) is 0 Å². The predicted octanol–water partition coefficient (Wildman–Crippen LogP) is 2.30. The lowest BCUT2D eigenvalue weighted by Crippen LogP contribution is -2.22. The van der Waals surface area contributed by atoms with Crippen molar-refractivity contribution < 1.29 is 14.6 Å². The number of rotatable bonds is 3. The van der Waals surface area contributed by atoms with E-state index in [1.165, 1.54) is 6.92 Å². The van der Waals surface area contributed by atoms with Crippen molar-refractivity contribution in [3.8, 4) is 5.75 Å². The molecule has 1 atom stereocenters. The number of benzene rings is 1. The zero-order chi connectivity index (χ0) is 9.84. The minimum Gasteiger partial charge on any atom is -0.479 e. The Morgan fingerprint density at radius 1 is 1.54 bits per heavy atom. The lowest BCUT2D eigenvalue weighted by molar-refractivity contribution is -0.144. The summed E-state index contributed by atoms with van der Waals surface area (Å²) in [6, 6.07) is 7.13. The highest BCUT2D eigenvalue weighted by molar-refractivity contribution is 9.10. The largest absolute Gasteiger partial charge is 0.479 e. The number of carboxylic acids is 1. The molecule has 3 nitrogen and oxygen atoms in total. The normalized spacial score (nSPS) is 12.2. The fourth-order valence-corrected chi connectivity index (χ4v) is 1.16. The Labute approximate surface area is 84.5 Å². The molecule has 4 heteroatoms. The third kappa shape index (κ3) is 2.73. The Morgan fingerprint density at radius 2 is 2.15 bits per heavy atom. The van der Waals surface area contributed by atoms with Crippen molar-refractivity contribution in [2.75, 3.05) is 0 Å². The molecular formula is C9H9BrO3. The molecule has 0 radical (unpaired) electrons. The smallest absolute Gasteiger partial charge is 0.344 e. The molecular weight excluding hydrogens is 236 g/mol. The van der Waals surface area contributed by atoms with Gasteiger partial charge in [0, 0.05) is 0 Å². The number of hydrogen-bond acceptors (Lipinski definition) is 2. The number of para-hydroxylation sites is 1. The van der Waals surface area contributed by atoms with Crippen LogP contribution in [0.2, 0.25) is 0 Å². The first-order chi connectivity index (χ1) is 6.11. The summed E-state index contributed by atoms with van der Waals surface area (Å²) in [7, 11) is 0. The van der Waals surface area contributed by atoms with Gasteiger partial charge < -0.3 is 9.84 Å². The van der Waals surface area contributed by atoms with Crippen LogP contribution in [0.1, 0.15) is 6.92 Å². The molecule has 0 fully saturated rings. The van der Waals surface area contributed by atoms with Crippen LogP contribution in [-0.4, -0.2) is 17.2 Å². The van der Waals surface area contributed by atoms with Crippen molar-refractivity contribution in [1.29, 1.82) is 0 Å². The van der Waals surface area contributed by atoms with E-state index in [2.05, 4.69) is 15.9 Å². The van der Waals surface area contributed by atoms with Gasteiger partial charge in [0.2, 0.25) is 0 Å². The van der Waals surface area contributed by atoms with Gasteiger partial charge in [-0.2, -0.15) is 0 Å². The molecule has 0 amide bonds. The highest BCUT2D eigenvalue weighted by Crippen LogP contribution is 2.24.